The summed E-state index contributed by atoms with van der Waals surface area (Å²) in [5.74, 6) is 4.01. The Morgan fingerprint density at radius 1 is 0.730 bits per heavy atom. The Kier molecular flexibility index (Phi) is 9.22. The van der Waals surface area contributed by atoms with Crippen LogP contribution in [0.5, 0.6) is 0 Å². The fourth-order valence-corrected chi connectivity index (χ4v) is 7.82. The maximum Gasteiger partial charge on any atom is 0.130 e. The largest absolute Gasteiger partial charge is 0.206 e. The van der Waals surface area contributed by atoms with Gasteiger partial charge in [0.2, 0.25) is 0 Å². The van der Waals surface area contributed by atoms with Gasteiger partial charge < -0.3 is 0 Å². The van der Waals surface area contributed by atoms with Crippen molar-refractivity contribution in [2.24, 2.45) is 17.8 Å². The van der Waals surface area contributed by atoms with E-state index in [9.17, 15) is 0 Å². The van der Waals surface area contributed by atoms with E-state index in [0.29, 0.717) is 11.8 Å². The molecular weight excluding hydrogens is 451 g/mol. The molecule has 0 amide bonds. The Hall–Kier alpha value is -1.89. The number of hydrogen-bond acceptors (Lipinski definition) is 0. The van der Waals surface area contributed by atoms with Gasteiger partial charge in [0.25, 0.3) is 0 Å². The van der Waals surface area contributed by atoms with Crippen molar-refractivity contribution in [1.29, 1.82) is 0 Å². The van der Waals surface area contributed by atoms with Crippen molar-refractivity contribution in [2.45, 2.75) is 122 Å². The zero-order valence-electron chi connectivity index (χ0n) is 23.5. The molecule has 2 aromatic rings. The van der Waals surface area contributed by atoms with Gasteiger partial charge in [0.1, 0.15) is 5.82 Å². The maximum absolute atomic E-state index is 15.3. The van der Waals surface area contributed by atoms with E-state index in [1.165, 1.54) is 99.3 Å². The Morgan fingerprint density at radius 2 is 1.41 bits per heavy atom. The maximum atomic E-state index is 15.3. The molecule has 0 aromatic heterocycles. The van der Waals surface area contributed by atoms with Gasteiger partial charge in [-0.3, -0.25) is 0 Å². The molecule has 37 heavy (non-hydrogen) atoms. The van der Waals surface area contributed by atoms with E-state index in [0.717, 1.165) is 42.6 Å². The smallest absolute Gasteiger partial charge is 0.130 e. The predicted molar refractivity (Wildman–Crippen MR) is 156 cm³/mol. The number of allylic oxidation sites excluding steroid dienone is 2. The molecule has 0 nitrogen and oxygen atoms in total. The summed E-state index contributed by atoms with van der Waals surface area (Å²) < 4.78 is 15.3. The zero-order valence-corrected chi connectivity index (χ0v) is 23.5. The van der Waals surface area contributed by atoms with E-state index in [1.807, 2.05) is 6.07 Å². The van der Waals surface area contributed by atoms with Gasteiger partial charge in [0.15, 0.2) is 0 Å². The summed E-state index contributed by atoms with van der Waals surface area (Å²) in [5.41, 5.74) is 6.03. The molecule has 3 aliphatic carbocycles. The highest BCUT2D eigenvalue weighted by molar-refractivity contribution is 5.67. The highest BCUT2D eigenvalue weighted by Gasteiger charge is 2.31. The average Bonchev–Trinajstić information content (AvgIpc) is 2.94. The number of hydrogen-bond donors (Lipinski definition) is 0. The molecule has 1 unspecified atom stereocenters. The lowest BCUT2D eigenvalue weighted by Gasteiger charge is -2.38. The van der Waals surface area contributed by atoms with Gasteiger partial charge in [0, 0.05) is 5.56 Å². The molecule has 5 rings (SSSR count). The lowest BCUT2D eigenvalue weighted by Crippen LogP contribution is -2.25. The van der Waals surface area contributed by atoms with Crippen LogP contribution in [-0.4, -0.2) is 0 Å². The van der Waals surface area contributed by atoms with Crippen molar-refractivity contribution in [3.8, 4) is 0 Å². The predicted octanol–water partition coefficient (Wildman–Crippen LogP) is 11.1. The van der Waals surface area contributed by atoms with E-state index in [2.05, 4.69) is 56.3 Å². The van der Waals surface area contributed by atoms with Crippen LogP contribution >= 0.6 is 0 Å². The molecule has 0 spiro atoms. The van der Waals surface area contributed by atoms with Crippen LogP contribution in [0.1, 0.15) is 137 Å². The minimum atomic E-state index is 0.000977. The van der Waals surface area contributed by atoms with Crippen LogP contribution in [0.25, 0.3) is 5.57 Å². The SMILES string of the molecule is CCCCCC1CCC(C2CCC(c3ccc(C4=CCC(c5ccc(C)cc5)CC4)c(F)c3)CC2)CC1. The molecule has 200 valence electrons. The molecule has 0 heterocycles. The molecule has 2 fully saturated rings. The molecule has 0 aliphatic heterocycles. The Morgan fingerprint density at radius 3 is 2.03 bits per heavy atom. The molecule has 1 heteroatoms. The summed E-state index contributed by atoms with van der Waals surface area (Å²) >= 11 is 0. The quantitative estimate of drug-likeness (QED) is 0.316. The normalized spacial score (nSPS) is 28.6. The number of benzene rings is 2. The fourth-order valence-electron chi connectivity index (χ4n) is 7.82. The minimum absolute atomic E-state index is 0.000977. The molecule has 3 aliphatic rings. The first-order valence-electron chi connectivity index (χ1n) is 15.7. The van der Waals surface area contributed by atoms with Crippen LogP contribution in [0.3, 0.4) is 0 Å². The van der Waals surface area contributed by atoms with E-state index in [-0.39, 0.29) is 5.82 Å². The highest BCUT2D eigenvalue weighted by atomic mass is 19.1. The molecule has 0 saturated heterocycles. The second-order valence-corrected chi connectivity index (χ2v) is 12.7. The minimum Gasteiger partial charge on any atom is -0.206 e. The lowest BCUT2D eigenvalue weighted by atomic mass is 9.68. The molecule has 0 N–H and O–H groups in total. The van der Waals surface area contributed by atoms with Gasteiger partial charge in [-0.1, -0.05) is 93.5 Å². The fraction of sp³-hybridized carbons (Fsp3) is 0.611. The number of rotatable bonds is 8. The van der Waals surface area contributed by atoms with Crippen LogP contribution in [0.15, 0.2) is 48.5 Å². The Bertz CT molecular complexity index is 1020. The zero-order chi connectivity index (χ0) is 25.6. The summed E-state index contributed by atoms with van der Waals surface area (Å²) in [4.78, 5) is 0. The van der Waals surface area contributed by atoms with Gasteiger partial charge in [-0.05, 0) is 117 Å². The number of aryl methyl sites for hydroxylation is 1. The standard InChI is InChI=1S/C36H49F/c1-3-4-5-6-27-9-13-29(14-10-27)30-15-17-32(18-16-30)34-23-24-35(36(37)25-34)33-21-19-31(20-22-33)28-11-7-26(2)8-12-28/h7-8,11-12,21,23-25,27,29-32H,3-6,9-10,13-20,22H2,1-2H3. The van der Waals surface area contributed by atoms with Crippen molar-refractivity contribution in [3.05, 3.63) is 76.6 Å². The molecule has 2 saturated carbocycles. The molecule has 1 atom stereocenters. The second-order valence-electron chi connectivity index (χ2n) is 12.7. The Labute approximate surface area is 226 Å². The van der Waals surface area contributed by atoms with E-state index >= 15 is 4.39 Å². The topological polar surface area (TPSA) is 0 Å². The average molecular weight is 501 g/mol. The Balaban J connectivity index is 1.11. The first-order chi connectivity index (χ1) is 18.1. The summed E-state index contributed by atoms with van der Waals surface area (Å²) in [6.07, 6.45) is 22.2. The summed E-state index contributed by atoms with van der Waals surface area (Å²) in [5, 5.41) is 0. The van der Waals surface area contributed by atoms with Gasteiger partial charge in [-0.15, -0.1) is 0 Å². The van der Waals surface area contributed by atoms with Gasteiger partial charge in [-0.25, -0.2) is 4.39 Å². The highest BCUT2D eigenvalue weighted by Crippen LogP contribution is 2.45. The van der Waals surface area contributed by atoms with E-state index in [4.69, 9.17) is 0 Å². The second kappa shape index (κ2) is 12.8. The van der Waals surface area contributed by atoms with Crippen LogP contribution in [0.2, 0.25) is 0 Å². The van der Waals surface area contributed by atoms with Crippen molar-refractivity contribution >= 4 is 5.57 Å². The van der Waals surface area contributed by atoms with E-state index in [1.54, 1.807) is 0 Å². The van der Waals surface area contributed by atoms with Crippen molar-refractivity contribution in [2.75, 3.05) is 0 Å². The van der Waals surface area contributed by atoms with Crippen molar-refractivity contribution < 1.29 is 4.39 Å². The van der Waals surface area contributed by atoms with Crippen LogP contribution in [0.4, 0.5) is 4.39 Å². The first-order valence-corrected chi connectivity index (χ1v) is 15.7. The molecule has 0 radical (unpaired) electrons. The van der Waals surface area contributed by atoms with Gasteiger partial charge >= 0.3 is 0 Å². The third kappa shape index (κ3) is 6.76. The summed E-state index contributed by atoms with van der Waals surface area (Å²) in [6, 6.07) is 15.2. The van der Waals surface area contributed by atoms with E-state index < -0.39 is 0 Å². The van der Waals surface area contributed by atoms with Crippen molar-refractivity contribution in [3.63, 3.8) is 0 Å². The number of halogens is 1. The summed E-state index contributed by atoms with van der Waals surface area (Å²) in [6.45, 7) is 4.45. The molecule has 0 bridgehead atoms. The van der Waals surface area contributed by atoms with Gasteiger partial charge in [-0.2, -0.15) is 0 Å². The van der Waals surface area contributed by atoms with Crippen LogP contribution in [-0.2, 0) is 0 Å². The van der Waals surface area contributed by atoms with Crippen LogP contribution < -0.4 is 0 Å². The third-order valence-electron chi connectivity index (χ3n) is 10.3. The first kappa shape index (κ1) is 26.7. The monoisotopic (exact) mass is 500 g/mol. The number of unbranched alkanes of at least 4 members (excludes halogenated alkanes) is 2. The van der Waals surface area contributed by atoms with Crippen molar-refractivity contribution in [1.82, 2.24) is 0 Å². The molecule has 2 aromatic carbocycles. The lowest BCUT2D eigenvalue weighted by molar-refractivity contribution is 0.155. The van der Waals surface area contributed by atoms with Crippen LogP contribution in [0, 0.1) is 30.5 Å². The summed E-state index contributed by atoms with van der Waals surface area (Å²) in [7, 11) is 0. The van der Waals surface area contributed by atoms with Gasteiger partial charge in [0.05, 0.1) is 0 Å². The molecular formula is C36H49F. The third-order valence-corrected chi connectivity index (χ3v) is 10.3.